The number of aliphatic hydroxyl groups is 1. The second-order valence-corrected chi connectivity index (χ2v) is 3.30. The molecule has 5 heteroatoms. The van der Waals surface area contributed by atoms with Gasteiger partial charge >= 0.3 is 0 Å². The van der Waals surface area contributed by atoms with Crippen molar-refractivity contribution in [3.8, 4) is 11.4 Å². The molecule has 0 atom stereocenters. The summed E-state index contributed by atoms with van der Waals surface area (Å²) >= 11 is 5.99. The van der Waals surface area contributed by atoms with Gasteiger partial charge in [-0.05, 0) is 12.1 Å². The van der Waals surface area contributed by atoms with E-state index in [2.05, 4.69) is 9.97 Å². The average molecular weight is 245 g/mol. The summed E-state index contributed by atoms with van der Waals surface area (Å²) in [7, 11) is 0. The molecule has 2 aromatic rings. The molecule has 0 fully saturated rings. The molecule has 1 aromatic heterocycles. The van der Waals surface area contributed by atoms with E-state index in [-0.39, 0.29) is 19.0 Å². The van der Waals surface area contributed by atoms with Gasteiger partial charge in [-0.2, -0.15) is 0 Å². The van der Waals surface area contributed by atoms with Gasteiger partial charge < -0.3 is 10.1 Å². The minimum atomic E-state index is -0.0442. The van der Waals surface area contributed by atoms with E-state index >= 15 is 0 Å². The maximum absolute atomic E-state index is 8.86. The van der Waals surface area contributed by atoms with Crippen LogP contribution in [-0.2, 0) is 6.61 Å². The highest BCUT2D eigenvalue weighted by Gasteiger charge is 2.05. The molecule has 0 aliphatic carbocycles. The van der Waals surface area contributed by atoms with Crippen molar-refractivity contribution in [3.05, 3.63) is 41.2 Å². The van der Waals surface area contributed by atoms with Gasteiger partial charge in [0.25, 0.3) is 0 Å². The van der Waals surface area contributed by atoms with Crippen molar-refractivity contribution < 1.29 is 5.11 Å². The van der Waals surface area contributed by atoms with Crippen LogP contribution in [0.4, 0.5) is 0 Å². The minimum Gasteiger partial charge on any atom is -0.390 e. The van der Waals surface area contributed by atoms with E-state index in [0.717, 1.165) is 5.56 Å². The topological polar surface area (TPSA) is 48.9 Å². The number of imidazole rings is 1. The van der Waals surface area contributed by atoms with Gasteiger partial charge in [-0.15, -0.1) is 12.4 Å². The van der Waals surface area contributed by atoms with Crippen LogP contribution in [0.25, 0.3) is 11.4 Å². The molecule has 2 rings (SSSR count). The Morgan fingerprint density at radius 1 is 1.33 bits per heavy atom. The lowest BCUT2D eigenvalue weighted by atomic mass is 10.2. The Hall–Kier alpha value is -1.03. The maximum atomic E-state index is 8.86. The van der Waals surface area contributed by atoms with Crippen LogP contribution >= 0.6 is 24.0 Å². The summed E-state index contributed by atoms with van der Waals surface area (Å²) in [6.07, 6.45) is 1.60. The SMILES string of the molecule is Cl.OCc1cnc(-c2ccccc2Cl)[nH]1. The van der Waals surface area contributed by atoms with Gasteiger partial charge in [0.1, 0.15) is 5.82 Å². The van der Waals surface area contributed by atoms with E-state index in [1.807, 2.05) is 18.2 Å². The first-order valence-electron chi connectivity index (χ1n) is 4.21. The fourth-order valence-corrected chi connectivity index (χ4v) is 1.45. The molecule has 0 saturated heterocycles. The number of benzene rings is 1. The predicted molar refractivity (Wildman–Crippen MR) is 62.2 cm³/mol. The van der Waals surface area contributed by atoms with Crippen LogP contribution in [0.2, 0.25) is 5.02 Å². The number of H-pyrrole nitrogens is 1. The summed E-state index contributed by atoms with van der Waals surface area (Å²) in [5.41, 5.74) is 1.52. The molecule has 1 heterocycles. The molecule has 0 aliphatic rings. The van der Waals surface area contributed by atoms with Crippen LogP contribution in [0.3, 0.4) is 0 Å². The number of aliphatic hydroxyl groups excluding tert-OH is 1. The fourth-order valence-electron chi connectivity index (χ4n) is 1.23. The standard InChI is InChI=1S/C10H9ClN2O.ClH/c11-9-4-2-1-3-8(9)10-12-5-7(6-14)13-10;/h1-5,14H,6H2,(H,12,13);1H. The Balaban J connectivity index is 0.00000112. The first-order valence-corrected chi connectivity index (χ1v) is 4.58. The summed E-state index contributed by atoms with van der Waals surface area (Å²) in [6, 6.07) is 7.43. The van der Waals surface area contributed by atoms with Gasteiger partial charge in [0.2, 0.25) is 0 Å². The molecular weight excluding hydrogens is 235 g/mol. The van der Waals surface area contributed by atoms with Crippen molar-refractivity contribution in [2.75, 3.05) is 0 Å². The van der Waals surface area contributed by atoms with Crippen molar-refractivity contribution in [3.63, 3.8) is 0 Å². The van der Waals surface area contributed by atoms with Crippen molar-refractivity contribution in [2.45, 2.75) is 6.61 Å². The molecule has 0 unspecified atom stereocenters. The Kier molecular flexibility index (Phi) is 4.15. The zero-order valence-electron chi connectivity index (χ0n) is 7.77. The highest BCUT2D eigenvalue weighted by molar-refractivity contribution is 6.33. The van der Waals surface area contributed by atoms with Crippen molar-refractivity contribution in [2.24, 2.45) is 0 Å². The van der Waals surface area contributed by atoms with E-state index in [4.69, 9.17) is 16.7 Å². The zero-order valence-corrected chi connectivity index (χ0v) is 9.35. The molecule has 0 amide bonds. The second kappa shape index (κ2) is 5.16. The normalized spacial score (nSPS) is 9.73. The van der Waals surface area contributed by atoms with Crippen LogP contribution in [-0.4, -0.2) is 15.1 Å². The first-order chi connectivity index (χ1) is 6.81. The number of aromatic amines is 1. The Labute approximate surface area is 98.5 Å². The maximum Gasteiger partial charge on any atom is 0.139 e. The van der Waals surface area contributed by atoms with Gasteiger partial charge in [0.15, 0.2) is 0 Å². The number of nitrogens with zero attached hydrogens (tertiary/aromatic N) is 1. The van der Waals surface area contributed by atoms with Crippen molar-refractivity contribution in [1.29, 1.82) is 0 Å². The van der Waals surface area contributed by atoms with Gasteiger partial charge in [0.05, 0.1) is 23.5 Å². The molecule has 80 valence electrons. The lowest BCUT2D eigenvalue weighted by Gasteiger charge is -1.98. The number of halogens is 2. The van der Waals surface area contributed by atoms with Gasteiger partial charge in [-0.1, -0.05) is 23.7 Å². The predicted octanol–water partition coefficient (Wildman–Crippen LogP) is 2.64. The number of nitrogens with one attached hydrogen (secondary N) is 1. The number of hydrogen-bond acceptors (Lipinski definition) is 2. The van der Waals surface area contributed by atoms with Gasteiger partial charge in [-0.3, -0.25) is 0 Å². The Morgan fingerprint density at radius 2 is 2.07 bits per heavy atom. The molecule has 0 spiro atoms. The third-order valence-electron chi connectivity index (χ3n) is 1.93. The van der Waals surface area contributed by atoms with E-state index in [1.165, 1.54) is 0 Å². The third-order valence-corrected chi connectivity index (χ3v) is 2.26. The van der Waals surface area contributed by atoms with Crippen molar-refractivity contribution >= 4 is 24.0 Å². The number of rotatable bonds is 2. The van der Waals surface area contributed by atoms with Crippen LogP contribution in [0.1, 0.15) is 5.69 Å². The number of aromatic nitrogens is 2. The first kappa shape index (κ1) is 12.0. The second-order valence-electron chi connectivity index (χ2n) is 2.90. The van der Waals surface area contributed by atoms with E-state index in [1.54, 1.807) is 12.3 Å². The largest absolute Gasteiger partial charge is 0.390 e. The molecule has 0 radical (unpaired) electrons. The van der Waals surface area contributed by atoms with E-state index in [0.29, 0.717) is 16.5 Å². The smallest absolute Gasteiger partial charge is 0.139 e. The summed E-state index contributed by atoms with van der Waals surface area (Å²) in [6.45, 7) is -0.0442. The monoisotopic (exact) mass is 244 g/mol. The van der Waals surface area contributed by atoms with Gasteiger partial charge in [-0.25, -0.2) is 4.98 Å². The minimum absolute atomic E-state index is 0. The molecule has 3 nitrogen and oxygen atoms in total. The van der Waals surface area contributed by atoms with Crippen LogP contribution < -0.4 is 0 Å². The Bertz CT molecular complexity index is 442. The summed E-state index contributed by atoms with van der Waals surface area (Å²) in [4.78, 5) is 7.09. The van der Waals surface area contributed by atoms with Crippen LogP contribution in [0, 0.1) is 0 Å². The van der Waals surface area contributed by atoms with Crippen LogP contribution in [0.15, 0.2) is 30.5 Å². The summed E-state index contributed by atoms with van der Waals surface area (Å²) < 4.78 is 0. The fraction of sp³-hybridized carbons (Fsp3) is 0.100. The number of hydrogen-bond donors (Lipinski definition) is 2. The lowest BCUT2D eigenvalue weighted by Crippen LogP contribution is -1.84. The zero-order chi connectivity index (χ0) is 9.97. The summed E-state index contributed by atoms with van der Waals surface area (Å²) in [5, 5.41) is 9.51. The molecule has 2 N–H and O–H groups in total. The van der Waals surface area contributed by atoms with E-state index < -0.39 is 0 Å². The molecule has 0 bridgehead atoms. The molecule has 1 aromatic carbocycles. The highest BCUT2D eigenvalue weighted by Crippen LogP contribution is 2.24. The Morgan fingerprint density at radius 3 is 2.67 bits per heavy atom. The van der Waals surface area contributed by atoms with Crippen molar-refractivity contribution in [1.82, 2.24) is 9.97 Å². The summed E-state index contributed by atoms with van der Waals surface area (Å²) in [5.74, 6) is 0.680. The van der Waals surface area contributed by atoms with Gasteiger partial charge in [0, 0.05) is 5.56 Å². The quantitative estimate of drug-likeness (QED) is 0.854. The van der Waals surface area contributed by atoms with Crippen LogP contribution in [0.5, 0.6) is 0 Å². The molecule has 15 heavy (non-hydrogen) atoms. The van der Waals surface area contributed by atoms with E-state index in [9.17, 15) is 0 Å². The average Bonchev–Trinajstić information content (AvgIpc) is 2.67. The molecule has 0 saturated carbocycles. The molecular formula is C10H10Cl2N2O. The molecule has 0 aliphatic heterocycles. The lowest BCUT2D eigenvalue weighted by molar-refractivity contribution is 0.277. The third kappa shape index (κ3) is 2.50. The highest BCUT2D eigenvalue weighted by atomic mass is 35.5.